The number of nitrogens with zero attached hydrogens (tertiary/aromatic N) is 1. The Hall–Kier alpha value is -2.83. The van der Waals surface area contributed by atoms with Crippen molar-refractivity contribution in [2.45, 2.75) is 16.1 Å². The first-order valence-electron chi connectivity index (χ1n) is 9.59. The number of carbonyl (C=O) groups excluding carboxylic acids is 1. The van der Waals surface area contributed by atoms with Gasteiger partial charge in [-0.1, -0.05) is 48.0 Å². The third-order valence-corrected chi connectivity index (χ3v) is 8.02. The van der Waals surface area contributed by atoms with Crippen LogP contribution in [0.4, 0.5) is 0 Å². The van der Waals surface area contributed by atoms with Crippen LogP contribution in [-0.2, 0) is 14.6 Å². The third-order valence-electron chi connectivity index (χ3n) is 5.67. The zero-order chi connectivity index (χ0) is 20.9. The predicted octanol–water partition coefficient (Wildman–Crippen LogP) is 4.26. The van der Waals surface area contributed by atoms with E-state index in [0.717, 1.165) is 11.1 Å². The van der Waals surface area contributed by atoms with Gasteiger partial charge in [0.2, 0.25) is 5.91 Å². The lowest BCUT2D eigenvalue weighted by Gasteiger charge is -2.41. The first-order valence-corrected chi connectivity index (χ1v) is 11.5. The molecule has 5 rings (SSSR count). The van der Waals surface area contributed by atoms with Gasteiger partial charge in [-0.15, -0.1) is 0 Å². The van der Waals surface area contributed by atoms with Gasteiger partial charge in [-0.3, -0.25) is 4.79 Å². The highest BCUT2D eigenvalue weighted by molar-refractivity contribution is 7.92. The maximum Gasteiger partial charge on any atom is 0.234 e. The van der Waals surface area contributed by atoms with E-state index in [4.69, 9.17) is 16.3 Å². The molecule has 0 unspecified atom stereocenters. The van der Waals surface area contributed by atoms with E-state index < -0.39 is 21.0 Å². The molecule has 1 saturated heterocycles. The predicted molar refractivity (Wildman–Crippen MR) is 114 cm³/mol. The lowest BCUT2D eigenvalue weighted by atomic mass is 9.86. The molecule has 0 aliphatic carbocycles. The van der Waals surface area contributed by atoms with Crippen molar-refractivity contribution in [1.29, 1.82) is 0 Å². The Labute approximate surface area is 179 Å². The lowest BCUT2D eigenvalue weighted by Crippen LogP contribution is -2.58. The number of carbonyl (C=O) groups is 1. The Balaban J connectivity index is 1.40. The molecule has 0 spiro atoms. The van der Waals surface area contributed by atoms with E-state index in [-0.39, 0.29) is 23.9 Å². The molecule has 1 fully saturated rings. The first kappa shape index (κ1) is 19.2. The van der Waals surface area contributed by atoms with E-state index in [0.29, 0.717) is 16.5 Å². The fourth-order valence-corrected chi connectivity index (χ4v) is 5.77. The van der Waals surface area contributed by atoms with Crippen LogP contribution in [0.3, 0.4) is 0 Å². The number of para-hydroxylation sites is 2. The summed E-state index contributed by atoms with van der Waals surface area (Å²) in [6.45, 7) is 0.344. The van der Waals surface area contributed by atoms with Crippen molar-refractivity contribution in [1.82, 2.24) is 4.90 Å². The molecule has 3 aromatic carbocycles. The summed E-state index contributed by atoms with van der Waals surface area (Å²) >= 11 is 5.86. The van der Waals surface area contributed by atoms with Crippen molar-refractivity contribution in [2.24, 2.45) is 0 Å². The van der Waals surface area contributed by atoms with E-state index >= 15 is 0 Å². The van der Waals surface area contributed by atoms with Crippen LogP contribution < -0.4 is 4.74 Å². The van der Waals surface area contributed by atoms with Crippen LogP contribution >= 0.6 is 11.6 Å². The van der Waals surface area contributed by atoms with Crippen LogP contribution in [0.2, 0.25) is 5.02 Å². The van der Waals surface area contributed by atoms with E-state index in [2.05, 4.69) is 0 Å². The Bertz CT molecular complexity index is 1190. The van der Waals surface area contributed by atoms with Crippen LogP contribution in [0.5, 0.6) is 11.5 Å². The molecule has 0 radical (unpaired) electrons. The topological polar surface area (TPSA) is 63.7 Å². The van der Waals surface area contributed by atoms with Crippen molar-refractivity contribution in [3.8, 4) is 11.5 Å². The molecule has 3 aromatic rings. The minimum atomic E-state index is -3.51. The number of likely N-dealkylation sites (tertiary alicyclic amines) is 1. The number of hydrogen-bond donors (Lipinski definition) is 0. The molecule has 2 aliphatic rings. The van der Waals surface area contributed by atoms with Crippen LogP contribution in [0.1, 0.15) is 17.0 Å². The maximum absolute atomic E-state index is 13.4. The molecule has 2 aliphatic heterocycles. The Kier molecular flexibility index (Phi) is 4.56. The standard InChI is InChI=1S/C23H18ClNO4S/c24-15-9-11-16(12-10-15)30(27,28)17-13-25(14-17)23(26)22-18-5-1-3-7-20(18)29-21-8-4-2-6-19(21)22/h1-12,17,22H,13-14H2. The molecule has 152 valence electrons. The van der Waals surface area contributed by atoms with Crippen LogP contribution in [0.15, 0.2) is 77.7 Å². The van der Waals surface area contributed by atoms with Crippen molar-refractivity contribution < 1.29 is 17.9 Å². The second-order valence-corrected chi connectivity index (χ2v) is 10.1. The van der Waals surface area contributed by atoms with Gasteiger partial charge in [0.15, 0.2) is 9.84 Å². The van der Waals surface area contributed by atoms with Gasteiger partial charge in [0.05, 0.1) is 10.8 Å². The molecule has 0 atom stereocenters. The summed E-state index contributed by atoms with van der Waals surface area (Å²) < 4.78 is 31.7. The van der Waals surface area contributed by atoms with Crippen molar-refractivity contribution in [3.63, 3.8) is 0 Å². The summed E-state index contributed by atoms with van der Waals surface area (Å²) in [6, 6.07) is 21.1. The van der Waals surface area contributed by atoms with Gasteiger partial charge in [0.25, 0.3) is 0 Å². The summed E-state index contributed by atoms with van der Waals surface area (Å²) in [5.74, 6) is 0.687. The zero-order valence-corrected chi connectivity index (χ0v) is 17.4. The number of benzene rings is 3. The average Bonchev–Trinajstić information content (AvgIpc) is 2.71. The van der Waals surface area contributed by atoms with Crippen LogP contribution in [0, 0.1) is 0 Å². The highest BCUT2D eigenvalue weighted by Crippen LogP contribution is 2.45. The summed E-state index contributed by atoms with van der Waals surface area (Å²) in [7, 11) is -3.51. The lowest BCUT2D eigenvalue weighted by molar-refractivity contribution is -0.135. The minimum Gasteiger partial charge on any atom is -0.457 e. The Morgan fingerprint density at radius 1 is 0.867 bits per heavy atom. The van der Waals surface area contributed by atoms with E-state index in [1.807, 2.05) is 48.5 Å². The first-order chi connectivity index (χ1) is 14.4. The number of rotatable bonds is 3. The number of amides is 1. The quantitative estimate of drug-likeness (QED) is 0.611. The molecule has 2 heterocycles. The molecule has 5 nitrogen and oxygen atoms in total. The molecule has 0 aromatic heterocycles. The smallest absolute Gasteiger partial charge is 0.234 e. The van der Waals surface area contributed by atoms with Gasteiger partial charge >= 0.3 is 0 Å². The molecule has 1 amide bonds. The van der Waals surface area contributed by atoms with Gasteiger partial charge in [-0.25, -0.2) is 8.42 Å². The Morgan fingerprint density at radius 2 is 1.40 bits per heavy atom. The summed E-state index contributed by atoms with van der Waals surface area (Å²) in [5, 5.41) is -0.135. The normalized spacial score (nSPS) is 16.2. The second kappa shape index (κ2) is 7.15. The van der Waals surface area contributed by atoms with Gasteiger partial charge in [-0.2, -0.15) is 0 Å². The van der Waals surface area contributed by atoms with Gasteiger partial charge < -0.3 is 9.64 Å². The largest absolute Gasteiger partial charge is 0.457 e. The minimum absolute atomic E-state index is 0.110. The van der Waals surface area contributed by atoms with Crippen molar-refractivity contribution in [2.75, 3.05) is 13.1 Å². The average molecular weight is 440 g/mol. The molecular formula is C23H18ClNO4S. The number of fused-ring (bicyclic) bond motifs is 2. The Morgan fingerprint density at radius 3 is 1.97 bits per heavy atom. The van der Waals surface area contributed by atoms with Crippen LogP contribution in [-0.4, -0.2) is 37.6 Å². The maximum atomic E-state index is 13.4. The zero-order valence-electron chi connectivity index (χ0n) is 15.9. The highest BCUT2D eigenvalue weighted by Gasteiger charge is 2.44. The molecule has 30 heavy (non-hydrogen) atoms. The molecule has 7 heteroatoms. The van der Waals surface area contributed by atoms with Crippen molar-refractivity contribution >= 4 is 27.3 Å². The van der Waals surface area contributed by atoms with E-state index in [9.17, 15) is 13.2 Å². The number of halogens is 1. The fourth-order valence-electron chi connectivity index (χ4n) is 3.99. The molecule has 0 N–H and O–H groups in total. The van der Waals surface area contributed by atoms with Crippen molar-refractivity contribution in [3.05, 3.63) is 88.9 Å². The monoisotopic (exact) mass is 439 g/mol. The molecule has 0 bridgehead atoms. The number of ether oxygens (including phenoxy) is 1. The second-order valence-electron chi connectivity index (χ2n) is 7.47. The van der Waals surface area contributed by atoms with E-state index in [1.54, 1.807) is 17.0 Å². The van der Waals surface area contributed by atoms with Gasteiger partial charge in [-0.05, 0) is 36.4 Å². The molecular weight excluding hydrogens is 422 g/mol. The summed E-state index contributed by atoms with van der Waals surface area (Å²) in [5.41, 5.74) is 1.59. The van der Waals surface area contributed by atoms with E-state index in [1.165, 1.54) is 12.1 Å². The summed E-state index contributed by atoms with van der Waals surface area (Å²) in [4.78, 5) is 15.3. The van der Waals surface area contributed by atoms with Gasteiger partial charge in [0, 0.05) is 29.2 Å². The fraction of sp³-hybridized carbons (Fsp3) is 0.174. The molecule has 0 saturated carbocycles. The SMILES string of the molecule is O=C(C1c2ccccc2Oc2ccccc21)N1CC(S(=O)(=O)c2ccc(Cl)cc2)C1. The number of hydrogen-bond acceptors (Lipinski definition) is 4. The third kappa shape index (κ3) is 3.07. The highest BCUT2D eigenvalue weighted by atomic mass is 35.5. The van der Waals surface area contributed by atoms with Gasteiger partial charge in [0.1, 0.15) is 16.7 Å². The van der Waals surface area contributed by atoms with Crippen LogP contribution in [0.25, 0.3) is 0 Å². The summed E-state index contributed by atoms with van der Waals surface area (Å²) in [6.07, 6.45) is 0. The number of sulfone groups is 1.